The molecule has 0 bridgehead atoms. The van der Waals surface area contributed by atoms with E-state index in [1.165, 1.54) is 10.0 Å². The van der Waals surface area contributed by atoms with Crippen LogP contribution in [0, 0.1) is 0 Å². The van der Waals surface area contributed by atoms with Crippen LogP contribution < -0.4 is 9.47 Å². The largest absolute Gasteiger partial charge is 0.496 e. The van der Waals surface area contributed by atoms with E-state index in [-0.39, 0.29) is 12.3 Å². The molecule has 1 heterocycles. The second-order valence-electron chi connectivity index (χ2n) is 6.79. The minimum atomic E-state index is -0.611. The van der Waals surface area contributed by atoms with Crippen molar-refractivity contribution in [2.75, 3.05) is 27.3 Å². The first-order valence-corrected chi connectivity index (χ1v) is 8.27. The third-order valence-electron chi connectivity index (χ3n) is 3.78. The van der Waals surface area contributed by atoms with E-state index >= 15 is 0 Å². The number of hydrogen-bond acceptors (Lipinski definition) is 5. The molecule has 0 spiro atoms. The van der Waals surface area contributed by atoms with E-state index in [0.717, 1.165) is 0 Å². The maximum absolute atomic E-state index is 12.8. The second kappa shape index (κ2) is 7.63. The van der Waals surface area contributed by atoms with Crippen LogP contribution in [0.25, 0.3) is 0 Å². The molecule has 1 aromatic rings. The monoisotopic (exact) mass is 350 g/mol. The van der Waals surface area contributed by atoms with Gasteiger partial charge in [0.1, 0.15) is 17.1 Å². The number of amides is 2. The lowest BCUT2D eigenvalue weighted by molar-refractivity contribution is -0.142. The molecule has 0 saturated carbocycles. The molecule has 7 heteroatoms. The number of hydrazine groups is 1. The van der Waals surface area contributed by atoms with Crippen LogP contribution >= 0.6 is 0 Å². The summed E-state index contributed by atoms with van der Waals surface area (Å²) in [4.78, 5) is 25.1. The molecule has 1 aliphatic rings. The Kier molecular flexibility index (Phi) is 5.77. The molecule has 0 aliphatic carbocycles. The summed E-state index contributed by atoms with van der Waals surface area (Å²) in [5.41, 5.74) is 0.0498. The van der Waals surface area contributed by atoms with Crippen molar-refractivity contribution in [2.24, 2.45) is 0 Å². The Hall–Kier alpha value is -2.44. The van der Waals surface area contributed by atoms with Gasteiger partial charge in [-0.3, -0.25) is 4.79 Å². The summed E-state index contributed by atoms with van der Waals surface area (Å²) in [7, 11) is 3.09. The van der Waals surface area contributed by atoms with Crippen molar-refractivity contribution >= 4 is 12.0 Å². The van der Waals surface area contributed by atoms with Crippen molar-refractivity contribution in [2.45, 2.75) is 39.2 Å². The first-order valence-electron chi connectivity index (χ1n) is 8.27. The van der Waals surface area contributed by atoms with Crippen LogP contribution in [0.3, 0.4) is 0 Å². The summed E-state index contributed by atoms with van der Waals surface area (Å²) >= 11 is 0. The van der Waals surface area contributed by atoms with Gasteiger partial charge in [0.05, 0.1) is 20.6 Å². The van der Waals surface area contributed by atoms with Gasteiger partial charge in [0, 0.05) is 18.7 Å². The summed E-state index contributed by atoms with van der Waals surface area (Å²) in [5.74, 6) is 0.956. The molecule has 2 amide bonds. The molecule has 0 aromatic heterocycles. The highest BCUT2D eigenvalue weighted by Crippen LogP contribution is 2.29. The van der Waals surface area contributed by atoms with Gasteiger partial charge in [-0.25, -0.2) is 14.8 Å². The van der Waals surface area contributed by atoms with Crippen molar-refractivity contribution in [3.8, 4) is 11.5 Å². The van der Waals surface area contributed by atoms with E-state index in [1.54, 1.807) is 53.2 Å². The van der Waals surface area contributed by atoms with Gasteiger partial charge in [0.15, 0.2) is 0 Å². The Balaban J connectivity index is 2.16. The van der Waals surface area contributed by atoms with Gasteiger partial charge in [-0.15, -0.1) is 0 Å². The van der Waals surface area contributed by atoms with Crippen molar-refractivity contribution in [3.05, 3.63) is 23.8 Å². The maximum atomic E-state index is 12.8. The fourth-order valence-corrected chi connectivity index (χ4v) is 2.72. The predicted molar refractivity (Wildman–Crippen MR) is 92.5 cm³/mol. The third-order valence-corrected chi connectivity index (χ3v) is 3.78. The summed E-state index contributed by atoms with van der Waals surface area (Å²) in [6, 6.07) is 5.36. The molecule has 1 fully saturated rings. The van der Waals surface area contributed by atoms with E-state index in [0.29, 0.717) is 36.6 Å². The Bertz CT molecular complexity index is 617. The van der Waals surface area contributed by atoms with Gasteiger partial charge in [0.25, 0.3) is 0 Å². The molecule has 2 rings (SSSR count). The van der Waals surface area contributed by atoms with Crippen LogP contribution in [-0.4, -0.2) is 54.9 Å². The lowest BCUT2D eigenvalue weighted by atomic mass is 10.1. The highest BCUT2D eigenvalue weighted by molar-refractivity contribution is 5.83. The minimum absolute atomic E-state index is 0.0759. The van der Waals surface area contributed by atoms with Crippen LogP contribution in [-0.2, 0) is 16.0 Å². The average molecular weight is 350 g/mol. The lowest BCUT2D eigenvalue weighted by Crippen LogP contribution is -2.47. The summed E-state index contributed by atoms with van der Waals surface area (Å²) in [6.07, 6.45) is 0.283. The highest BCUT2D eigenvalue weighted by Gasteiger charge is 2.34. The molecule has 0 unspecified atom stereocenters. The Labute approximate surface area is 148 Å². The average Bonchev–Trinajstić information content (AvgIpc) is 3.03. The molecular weight excluding hydrogens is 324 g/mol. The molecule has 0 atom stereocenters. The third kappa shape index (κ3) is 4.55. The van der Waals surface area contributed by atoms with Gasteiger partial charge in [-0.1, -0.05) is 6.07 Å². The number of hydrogen-bond donors (Lipinski definition) is 0. The minimum Gasteiger partial charge on any atom is -0.496 e. The molecule has 1 aliphatic heterocycles. The normalized spacial score (nSPS) is 14.4. The maximum Gasteiger partial charge on any atom is 0.429 e. The molecule has 1 aromatic carbocycles. The summed E-state index contributed by atoms with van der Waals surface area (Å²) in [5, 5.41) is 2.81. The standard InChI is InChI=1S/C18H26N2O5/c1-18(2,3)25-17(22)20-11-7-10-19(20)16(21)12-13-14(23-4)8-6-9-15(13)24-5/h6,8-9H,7,10-12H2,1-5H3. The number of carbonyl (C=O) groups excluding carboxylic acids is 2. The predicted octanol–water partition coefficient (Wildman–Crippen LogP) is 2.63. The van der Waals surface area contributed by atoms with Gasteiger partial charge in [0.2, 0.25) is 5.91 Å². The van der Waals surface area contributed by atoms with E-state index in [1.807, 2.05) is 0 Å². The molecule has 25 heavy (non-hydrogen) atoms. The Morgan fingerprint density at radius 1 is 1.04 bits per heavy atom. The Morgan fingerprint density at radius 3 is 2.12 bits per heavy atom. The van der Waals surface area contributed by atoms with Crippen molar-refractivity contribution < 1.29 is 23.8 Å². The van der Waals surface area contributed by atoms with Crippen molar-refractivity contribution in [1.29, 1.82) is 0 Å². The SMILES string of the molecule is COc1cccc(OC)c1CC(=O)N1CCCN1C(=O)OC(C)(C)C. The highest BCUT2D eigenvalue weighted by atomic mass is 16.6. The van der Waals surface area contributed by atoms with Crippen LogP contribution in [0.1, 0.15) is 32.8 Å². The van der Waals surface area contributed by atoms with Crippen LogP contribution in [0.5, 0.6) is 11.5 Å². The fourth-order valence-electron chi connectivity index (χ4n) is 2.72. The number of benzene rings is 1. The van der Waals surface area contributed by atoms with Gasteiger partial charge >= 0.3 is 6.09 Å². The van der Waals surface area contributed by atoms with Crippen molar-refractivity contribution in [1.82, 2.24) is 10.0 Å². The summed E-state index contributed by atoms with van der Waals surface area (Å²) < 4.78 is 16.1. The van der Waals surface area contributed by atoms with Crippen LogP contribution in [0.15, 0.2) is 18.2 Å². The molecule has 7 nitrogen and oxygen atoms in total. The van der Waals surface area contributed by atoms with Gasteiger partial charge < -0.3 is 14.2 Å². The number of nitrogens with zero attached hydrogens (tertiary/aromatic N) is 2. The number of methoxy groups -OCH3 is 2. The topological polar surface area (TPSA) is 68.3 Å². The molecule has 0 N–H and O–H groups in total. The lowest BCUT2D eigenvalue weighted by Gasteiger charge is -2.30. The van der Waals surface area contributed by atoms with Crippen LogP contribution in [0.2, 0.25) is 0 Å². The zero-order valence-corrected chi connectivity index (χ0v) is 15.5. The molecular formula is C18H26N2O5. The van der Waals surface area contributed by atoms with E-state index in [2.05, 4.69) is 0 Å². The second-order valence-corrected chi connectivity index (χ2v) is 6.79. The number of rotatable bonds is 4. The van der Waals surface area contributed by atoms with Gasteiger partial charge in [-0.2, -0.15) is 0 Å². The van der Waals surface area contributed by atoms with Crippen LogP contribution in [0.4, 0.5) is 4.79 Å². The quantitative estimate of drug-likeness (QED) is 0.835. The van der Waals surface area contributed by atoms with Gasteiger partial charge in [-0.05, 0) is 39.3 Å². The van der Waals surface area contributed by atoms with Crippen molar-refractivity contribution in [3.63, 3.8) is 0 Å². The zero-order chi connectivity index (χ0) is 18.6. The number of carbonyl (C=O) groups is 2. The Morgan fingerprint density at radius 2 is 1.60 bits per heavy atom. The van der Waals surface area contributed by atoms with E-state index in [4.69, 9.17) is 14.2 Å². The number of ether oxygens (including phenoxy) is 3. The molecule has 1 saturated heterocycles. The fraction of sp³-hybridized carbons (Fsp3) is 0.556. The smallest absolute Gasteiger partial charge is 0.429 e. The first kappa shape index (κ1) is 18.9. The zero-order valence-electron chi connectivity index (χ0n) is 15.5. The summed E-state index contributed by atoms with van der Waals surface area (Å²) in [6.45, 7) is 6.34. The van der Waals surface area contributed by atoms with E-state index < -0.39 is 11.7 Å². The first-order chi connectivity index (χ1) is 11.8. The molecule has 138 valence electrons. The molecule has 0 radical (unpaired) electrons. The van der Waals surface area contributed by atoms with E-state index in [9.17, 15) is 9.59 Å².